The van der Waals surface area contributed by atoms with Gasteiger partial charge in [0.05, 0.1) is 14.2 Å². The van der Waals surface area contributed by atoms with Crippen LogP contribution in [0, 0.1) is 0 Å². The molecule has 29 heavy (non-hydrogen) atoms. The number of rotatable bonds is 8. The van der Waals surface area contributed by atoms with E-state index < -0.39 is 0 Å². The third-order valence-corrected chi connectivity index (χ3v) is 5.13. The van der Waals surface area contributed by atoms with Crippen molar-refractivity contribution in [3.8, 4) is 11.5 Å². The fraction of sp³-hybridized carbons (Fsp3) is 0.476. The van der Waals surface area contributed by atoms with Gasteiger partial charge >= 0.3 is 0 Å². The van der Waals surface area contributed by atoms with Crippen LogP contribution < -0.4 is 19.7 Å². The Morgan fingerprint density at radius 1 is 1.10 bits per heavy atom. The van der Waals surface area contributed by atoms with Gasteiger partial charge in [-0.3, -0.25) is 4.79 Å². The summed E-state index contributed by atoms with van der Waals surface area (Å²) in [5.74, 6) is 1.79. The van der Waals surface area contributed by atoms with Gasteiger partial charge in [0, 0.05) is 38.9 Å². The van der Waals surface area contributed by atoms with E-state index in [0.717, 1.165) is 38.3 Å². The Balaban J connectivity index is 1.55. The van der Waals surface area contributed by atoms with Crippen LogP contribution in [0.2, 0.25) is 0 Å². The van der Waals surface area contributed by atoms with Gasteiger partial charge in [-0.15, -0.1) is 0 Å². The van der Waals surface area contributed by atoms with Gasteiger partial charge in [-0.25, -0.2) is 9.97 Å². The molecule has 0 spiro atoms. The van der Waals surface area contributed by atoms with E-state index in [9.17, 15) is 4.79 Å². The molecule has 1 aromatic heterocycles. The largest absolute Gasteiger partial charge is 0.493 e. The lowest BCUT2D eigenvalue weighted by Gasteiger charge is -2.34. The summed E-state index contributed by atoms with van der Waals surface area (Å²) >= 11 is 0. The molecule has 1 aromatic carbocycles. The van der Waals surface area contributed by atoms with Gasteiger partial charge in [-0.05, 0) is 36.7 Å². The second-order valence-electron chi connectivity index (χ2n) is 6.86. The Morgan fingerprint density at radius 3 is 2.55 bits per heavy atom. The molecule has 8 nitrogen and oxygen atoms in total. The van der Waals surface area contributed by atoms with E-state index >= 15 is 0 Å². The van der Waals surface area contributed by atoms with E-state index in [2.05, 4.69) is 32.0 Å². The molecular weight excluding hydrogens is 370 g/mol. The number of amides is 1. The van der Waals surface area contributed by atoms with Crippen LogP contribution in [-0.2, 0) is 6.42 Å². The second kappa shape index (κ2) is 10.1. The number of anilines is 1. The van der Waals surface area contributed by atoms with Gasteiger partial charge in [-0.2, -0.15) is 0 Å². The van der Waals surface area contributed by atoms with E-state index in [1.54, 1.807) is 26.5 Å². The molecule has 2 heterocycles. The average molecular weight is 399 g/mol. The maximum Gasteiger partial charge on any atom is 0.270 e. The van der Waals surface area contributed by atoms with Crippen molar-refractivity contribution in [2.75, 3.05) is 58.4 Å². The number of methoxy groups -OCH3 is 2. The third-order valence-electron chi connectivity index (χ3n) is 5.13. The minimum absolute atomic E-state index is 0.193. The van der Waals surface area contributed by atoms with Crippen LogP contribution in [0.1, 0.15) is 23.0 Å². The number of nitrogens with one attached hydrogen (secondary N) is 1. The predicted molar refractivity (Wildman–Crippen MR) is 112 cm³/mol. The van der Waals surface area contributed by atoms with Crippen molar-refractivity contribution in [2.45, 2.75) is 13.3 Å². The van der Waals surface area contributed by atoms with Crippen LogP contribution in [0.4, 0.5) is 5.95 Å². The van der Waals surface area contributed by atoms with Crippen molar-refractivity contribution >= 4 is 11.9 Å². The monoisotopic (exact) mass is 399 g/mol. The van der Waals surface area contributed by atoms with E-state index in [-0.39, 0.29) is 5.91 Å². The highest BCUT2D eigenvalue weighted by Crippen LogP contribution is 2.27. The number of hydrogen-bond donors (Lipinski definition) is 1. The summed E-state index contributed by atoms with van der Waals surface area (Å²) in [4.78, 5) is 25.9. The number of likely N-dealkylation sites (N-methyl/N-ethyl adjacent to an activating group) is 1. The molecule has 0 radical (unpaired) electrons. The SMILES string of the molecule is CCN1CCN(c2nccc(C(=O)NCCc3ccc(OC)c(OC)c3)n2)CC1. The number of ether oxygens (including phenoxy) is 2. The molecule has 3 rings (SSSR count). The van der Waals surface area contributed by atoms with Crippen molar-refractivity contribution in [1.29, 1.82) is 0 Å². The minimum Gasteiger partial charge on any atom is -0.493 e. The summed E-state index contributed by atoms with van der Waals surface area (Å²) < 4.78 is 10.6. The Bertz CT molecular complexity index is 822. The molecule has 0 saturated carbocycles. The number of carbonyl (C=O) groups is 1. The predicted octanol–water partition coefficient (Wildman–Crippen LogP) is 1.61. The lowest BCUT2D eigenvalue weighted by atomic mass is 10.1. The summed E-state index contributed by atoms with van der Waals surface area (Å²) in [7, 11) is 3.22. The first kappa shape index (κ1) is 20.9. The molecule has 1 aliphatic rings. The van der Waals surface area contributed by atoms with Gasteiger partial charge in [0.1, 0.15) is 5.69 Å². The summed E-state index contributed by atoms with van der Waals surface area (Å²) in [5.41, 5.74) is 1.44. The minimum atomic E-state index is -0.193. The molecule has 8 heteroatoms. The van der Waals surface area contributed by atoms with E-state index in [0.29, 0.717) is 36.1 Å². The van der Waals surface area contributed by atoms with E-state index in [1.165, 1.54) is 0 Å². The maximum atomic E-state index is 12.5. The first-order valence-corrected chi connectivity index (χ1v) is 9.94. The Labute approximate surface area is 171 Å². The lowest BCUT2D eigenvalue weighted by Crippen LogP contribution is -2.46. The highest BCUT2D eigenvalue weighted by Gasteiger charge is 2.19. The number of nitrogens with zero attached hydrogens (tertiary/aromatic N) is 4. The summed E-state index contributed by atoms with van der Waals surface area (Å²) in [6, 6.07) is 7.40. The quantitative estimate of drug-likeness (QED) is 0.722. The van der Waals surface area contributed by atoms with E-state index in [1.807, 2.05) is 18.2 Å². The Hall–Kier alpha value is -2.87. The molecule has 2 aromatic rings. The number of aromatic nitrogens is 2. The Morgan fingerprint density at radius 2 is 1.86 bits per heavy atom. The fourth-order valence-electron chi connectivity index (χ4n) is 3.34. The normalized spacial score (nSPS) is 14.5. The zero-order valence-electron chi connectivity index (χ0n) is 17.4. The highest BCUT2D eigenvalue weighted by atomic mass is 16.5. The molecule has 1 amide bonds. The topological polar surface area (TPSA) is 79.8 Å². The van der Waals surface area contributed by atoms with Crippen molar-refractivity contribution in [3.05, 3.63) is 41.7 Å². The fourth-order valence-corrected chi connectivity index (χ4v) is 3.34. The molecule has 1 saturated heterocycles. The van der Waals surface area contributed by atoms with Crippen molar-refractivity contribution < 1.29 is 14.3 Å². The van der Waals surface area contributed by atoms with E-state index in [4.69, 9.17) is 9.47 Å². The summed E-state index contributed by atoms with van der Waals surface area (Å²) in [5, 5.41) is 2.93. The average Bonchev–Trinajstić information content (AvgIpc) is 2.79. The molecule has 0 atom stereocenters. The molecule has 1 aliphatic heterocycles. The zero-order chi connectivity index (χ0) is 20.6. The van der Waals surface area contributed by atoms with Gasteiger partial charge in [0.25, 0.3) is 5.91 Å². The first-order chi connectivity index (χ1) is 14.1. The summed E-state index contributed by atoms with van der Waals surface area (Å²) in [6.45, 7) is 7.44. The molecule has 0 aliphatic carbocycles. The number of piperazine rings is 1. The summed E-state index contributed by atoms with van der Waals surface area (Å²) in [6.07, 6.45) is 2.33. The molecule has 156 valence electrons. The molecule has 1 fully saturated rings. The number of hydrogen-bond acceptors (Lipinski definition) is 7. The smallest absolute Gasteiger partial charge is 0.270 e. The molecule has 0 unspecified atom stereocenters. The highest BCUT2D eigenvalue weighted by molar-refractivity contribution is 5.92. The van der Waals surface area contributed by atoms with Crippen LogP contribution in [-0.4, -0.2) is 74.3 Å². The Kier molecular flexibility index (Phi) is 7.24. The first-order valence-electron chi connectivity index (χ1n) is 9.94. The van der Waals surface area contributed by atoms with Crippen molar-refractivity contribution in [2.24, 2.45) is 0 Å². The molecule has 1 N–H and O–H groups in total. The molecule has 0 bridgehead atoms. The third kappa shape index (κ3) is 5.35. The standard InChI is InChI=1S/C21H29N5O3/c1-4-25-11-13-26(14-12-25)21-23-10-8-17(24-21)20(27)22-9-7-16-5-6-18(28-2)19(15-16)29-3/h5-6,8,10,15H,4,7,9,11-14H2,1-3H3,(H,22,27). The van der Waals surface area contributed by atoms with Crippen LogP contribution in [0.3, 0.4) is 0 Å². The van der Waals surface area contributed by atoms with Crippen LogP contribution in [0.25, 0.3) is 0 Å². The molecular formula is C21H29N5O3. The second-order valence-corrected chi connectivity index (χ2v) is 6.86. The van der Waals surface area contributed by atoms with Gasteiger partial charge in [0.2, 0.25) is 5.95 Å². The van der Waals surface area contributed by atoms with Crippen LogP contribution >= 0.6 is 0 Å². The van der Waals surface area contributed by atoms with Crippen molar-refractivity contribution in [1.82, 2.24) is 20.2 Å². The van der Waals surface area contributed by atoms with Crippen LogP contribution in [0.15, 0.2) is 30.5 Å². The lowest BCUT2D eigenvalue weighted by molar-refractivity contribution is 0.0949. The van der Waals surface area contributed by atoms with Crippen molar-refractivity contribution in [3.63, 3.8) is 0 Å². The van der Waals surface area contributed by atoms with Crippen LogP contribution in [0.5, 0.6) is 11.5 Å². The van der Waals surface area contributed by atoms with Gasteiger partial charge in [-0.1, -0.05) is 13.0 Å². The zero-order valence-corrected chi connectivity index (χ0v) is 17.4. The number of carbonyl (C=O) groups excluding carboxylic acids is 1. The van der Waals surface area contributed by atoms with Gasteiger partial charge < -0.3 is 24.6 Å². The van der Waals surface area contributed by atoms with Gasteiger partial charge in [0.15, 0.2) is 11.5 Å². The maximum absolute atomic E-state index is 12.5. The number of benzene rings is 1.